The number of aromatic carboxylic acids is 1. The molecular formula is C13H10N4O3S. The number of carbonyl (C=O) groups is 2. The molecule has 1 heterocycles. The highest BCUT2D eigenvalue weighted by Crippen LogP contribution is 2.10. The molecule has 0 aliphatic carbocycles. The first-order valence-corrected chi connectivity index (χ1v) is 6.69. The molecule has 0 saturated heterocycles. The third kappa shape index (κ3) is 4.02. The number of rotatable bonds is 4. The van der Waals surface area contributed by atoms with Gasteiger partial charge in [0.15, 0.2) is 5.69 Å². The molecule has 0 radical (unpaired) electrons. The largest absolute Gasteiger partial charge is 0.476 e. The van der Waals surface area contributed by atoms with Gasteiger partial charge in [0, 0.05) is 11.1 Å². The number of nitrogens with zero attached hydrogens (tertiary/aromatic N) is 2. The van der Waals surface area contributed by atoms with Crippen LogP contribution in [0.15, 0.2) is 29.6 Å². The van der Waals surface area contributed by atoms with Gasteiger partial charge >= 0.3 is 12.0 Å². The Hall–Kier alpha value is -2.92. The molecule has 0 aliphatic rings. The van der Waals surface area contributed by atoms with E-state index < -0.39 is 12.0 Å². The van der Waals surface area contributed by atoms with Crippen LogP contribution in [0.2, 0.25) is 0 Å². The number of hydrogen-bond acceptors (Lipinski definition) is 5. The maximum absolute atomic E-state index is 11.7. The number of aromatic nitrogens is 1. The number of nitriles is 1. The van der Waals surface area contributed by atoms with Crippen LogP contribution in [0.25, 0.3) is 0 Å². The number of benzene rings is 1. The lowest BCUT2D eigenvalue weighted by Gasteiger charge is -2.06. The van der Waals surface area contributed by atoms with Crippen LogP contribution in [0, 0.1) is 11.3 Å². The molecule has 8 heteroatoms. The summed E-state index contributed by atoms with van der Waals surface area (Å²) < 4.78 is 0. The lowest BCUT2D eigenvalue weighted by atomic mass is 10.2. The number of carboxylic acid groups (broad SMARTS) is 1. The first-order valence-electron chi connectivity index (χ1n) is 5.81. The smallest absolute Gasteiger partial charge is 0.355 e. The van der Waals surface area contributed by atoms with Crippen LogP contribution in [0.4, 0.5) is 10.5 Å². The molecule has 7 nitrogen and oxygen atoms in total. The van der Waals surface area contributed by atoms with Gasteiger partial charge in [-0.25, -0.2) is 14.6 Å². The highest BCUT2D eigenvalue weighted by atomic mass is 32.1. The zero-order chi connectivity index (χ0) is 15.2. The number of urea groups is 1. The first kappa shape index (κ1) is 14.5. The molecule has 0 saturated carbocycles. The summed E-state index contributed by atoms with van der Waals surface area (Å²) in [6.45, 7) is 0.139. The summed E-state index contributed by atoms with van der Waals surface area (Å²) in [6, 6.07) is 7.96. The number of carbonyl (C=O) groups excluding carboxylic acids is 1. The van der Waals surface area contributed by atoms with Crippen LogP contribution >= 0.6 is 11.3 Å². The Kier molecular flexibility index (Phi) is 4.48. The fourth-order valence-corrected chi connectivity index (χ4v) is 2.16. The summed E-state index contributed by atoms with van der Waals surface area (Å²) in [5, 5.41) is 24.5. The second-order valence-corrected chi connectivity index (χ2v) is 4.87. The van der Waals surface area contributed by atoms with Crippen LogP contribution in [-0.4, -0.2) is 22.1 Å². The molecule has 21 heavy (non-hydrogen) atoms. The van der Waals surface area contributed by atoms with E-state index in [1.165, 1.54) is 5.38 Å². The van der Waals surface area contributed by atoms with Gasteiger partial charge in [-0.1, -0.05) is 0 Å². The predicted octanol–water partition coefficient (Wildman–Crippen LogP) is 2.03. The topological polar surface area (TPSA) is 115 Å². The molecule has 0 unspecified atom stereocenters. The van der Waals surface area contributed by atoms with E-state index in [1.54, 1.807) is 24.3 Å². The van der Waals surface area contributed by atoms with E-state index in [9.17, 15) is 9.59 Å². The van der Waals surface area contributed by atoms with Gasteiger partial charge in [-0.05, 0) is 24.3 Å². The highest BCUT2D eigenvalue weighted by Gasteiger charge is 2.09. The molecule has 3 N–H and O–H groups in total. The van der Waals surface area contributed by atoms with Crippen LogP contribution in [0.1, 0.15) is 21.1 Å². The average molecular weight is 302 g/mol. The molecule has 1 aromatic carbocycles. The minimum absolute atomic E-state index is 0.0377. The molecule has 0 atom stereocenters. The van der Waals surface area contributed by atoms with Crippen molar-refractivity contribution < 1.29 is 14.7 Å². The zero-order valence-corrected chi connectivity index (χ0v) is 11.5. The number of thiazole rings is 1. The summed E-state index contributed by atoms with van der Waals surface area (Å²) >= 11 is 1.16. The van der Waals surface area contributed by atoms with Crippen molar-refractivity contribution in [1.29, 1.82) is 5.26 Å². The normalized spacial score (nSPS) is 9.67. The highest BCUT2D eigenvalue weighted by molar-refractivity contribution is 7.09. The van der Waals surface area contributed by atoms with Crippen molar-refractivity contribution in [3.05, 3.63) is 45.9 Å². The molecule has 0 fully saturated rings. The lowest BCUT2D eigenvalue weighted by molar-refractivity contribution is 0.0691. The summed E-state index contributed by atoms with van der Waals surface area (Å²) in [5.41, 5.74) is 1.02. The van der Waals surface area contributed by atoms with E-state index in [0.717, 1.165) is 11.3 Å². The SMILES string of the molecule is N#Cc1ccc(NC(=O)NCc2nc(C(=O)O)cs2)cc1. The Morgan fingerprint density at radius 2 is 2.05 bits per heavy atom. The van der Waals surface area contributed by atoms with E-state index in [1.807, 2.05) is 6.07 Å². The minimum Gasteiger partial charge on any atom is -0.476 e. The molecule has 2 rings (SSSR count). The van der Waals surface area contributed by atoms with Gasteiger partial charge in [0.1, 0.15) is 5.01 Å². The van der Waals surface area contributed by atoms with Crippen molar-refractivity contribution in [1.82, 2.24) is 10.3 Å². The fourth-order valence-electron chi connectivity index (χ4n) is 1.45. The molecular weight excluding hydrogens is 292 g/mol. The first-order chi connectivity index (χ1) is 10.1. The van der Waals surface area contributed by atoms with Crippen LogP contribution in [-0.2, 0) is 6.54 Å². The molecule has 0 spiro atoms. The van der Waals surface area contributed by atoms with Gasteiger partial charge in [-0.15, -0.1) is 11.3 Å². The van der Waals surface area contributed by atoms with Gasteiger partial charge in [0.2, 0.25) is 0 Å². The van der Waals surface area contributed by atoms with E-state index in [0.29, 0.717) is 16.3 Å². The van der Waals surface area contributed by atoms with Crippen molar-refractivity contribution in [2.24, 2.45) is 0 Å². The van der Waals surface area contributed by atoms with Gasteiger partial charge in [0.25, 0.3) is 0 Å². The number of hydrogen-bond donors (Lipinski definition) is 3. The molecule has 1 aromatic heterocycles. The predicted molar refractivity (Wildman–Crippen MR) is 76.1 cm³/mol. The molecule has 106 valence electrons. The zero-order valence-electron chi connectivity index (χ0n) is 10.7. The summed E-state index contributed by atoms with van der Waals surface area (Å²) in [6.07, 6.45) is 0. The lowest BCUT2D eigenvalue weighted by Crippen LogP contribution is -2.28. The standard InChI is InChI=1S/C13H10N4O3S/c14-5-8-1-3-9(4-2-8)16-13(20)15-6-11-17-10(7-21-11)12(18)19/h1-4,7H,6H2,(H,18,19)(H2,15,16,20). The van der Waals surface area contributed by atoms with Crippen molar-refractivity contribution >= 4 is 29.0 Å². The molecule has 2 amide bonds. The van der Waals surface area contributed by atoms with Crippen molar-refractivity contribution in [3.63, 3.8) is 0 Å². The van der Waals surface area contributed by atoms with Gasteiger partial charge in [-0.3, -0.25) is 0 Å². The Balaban J connectivity index is 1.86. The van der Waals surface area contributed by atoms with Crippen LogP contribution < -0.4 is 10.6 Å². The van der Waals surface area contributed by atoms with Gasteiger partial charge in [-0.2, -0.15) is 5.26 Å². The number of carboxylic acids is 1. The maximum Gasteiger partial charge on any atom is 0.355 e. The van der Waals surface area contributed by atoms with Gasteiger partial charge < -0.3 is 15.7 Å². The Labute approximate surface area is 123 Å². The molecule has 0 aliphatic heterocycles. The van der Waals surface area contributed by atoms with Crippen molar-refractivity contribution in [3.8, 4) is 6.07 Å². The third-order valence-electron chi connectivity index (χ3n) is 2.44. The molecule has 0 bridgehead atoms. The second-order valence-electron chi connectivity index (χ2n) is 3.93. The Morgan fingerprint density at radius 1 is 1.33 bits per heavy atom. The van der Waals surface area contributed by atoms with Crippen LogP contribution in [0.3, 0.4) is 0 Å². The summed E-state index contributed by atoms with van der Waals surface area (Å²) in [4.78, 5) is 26.2. The number of anilines is 1. The van der Waals surface area contributed by atoms with Crippen LogP contribution in [0.5, 0.6) is 0 Å². The quantitative estimate of drug-likeness (QED) is 0.799. The third-order valence-corrected chi connectivity index (χ3v) is 3.29. The van der Waals surface area contributed by atoms with Gasteiger partial charge in [0.05, 0.1) is 18.2 Å². The minimum atomic E-state index is -1.10. The summed E-state index contributed by atoms with van der Waals surface area (Å²) in [7, 11) is 0. The number of amides is 2. The van der Waals surface area contributed by atoms with Crippen molar-refractivity contribution in [2.75, 3.05) is 5.32 Å². The molecule has 2 aromatic rings. The van der Waals surface area contributed by atoms with E-state index in [-0.39, 0.29) is 12.2 Å². The van der Waals surface area contributed by atoms with Crippen molar-refractivity contribution in [2.45, 2.75) is 6.54 Å². The second kappa shape index (κ2) is 6.49. The monoisotopic (exact) mass is 302 g/mol. The maximum atomic E-state index is 11.7. The van der Waals surface area contributed by atoms with E-state index in [4.69, 9.17) is 10.4 Å². The average Bonchev–Trinajstić information content (AvgIpc) is 2.95. The number of nitrogens with one attached hydrogen (secondary N) is 2. The van der Waals surface area contributed by atoms with E-state index in [2.05, 4.69) is 15.6 Å². The fraction of sp³-hybridized carbons (Fsp3) is 0.0769. The summed E-state index contributed by atoms with van der Waals surface area (Å²) in [5.74, 6) is -1.10. The Bertz CT molecular complexity index is 703. The Morgan fingerprint density at radius 3 is 2.62 bits per heavy atom. The van der Waals surface area contributed by atoms with E-state index >= 15 is 0 Å².